The van der Waals surface area contributed by atoms with Gasteiger partial charge in [-0.15, -0.1) is 0 Å². The van der Waals surface area contributed by atoms with E-state index >= 15 is 0 Å². The molecule has 0 saturated carbocycles. The van der Waals surface area contributed by atoms with E-state index in [4.69, 9.17) is 0 Å². The Kier molecular flexibility index (Phi) is 6.27. The number of aliphatic hydroxyl groups is 1. The summed E-state index contributed by atoms with van der Waals surface area (Å²) >= 11 is 0. The van der Waals surface area contributed by atoms with Gasteiger partial charge >= 0.3 is 6.18 Å². The Hall–Kier alpha value is -3.92. The number of pyridine rings is 1. The molecule has 0 unspecified atom stereocenters. The molecule has 0 aliphatic heterocycles. The minimum absolute atomic E-state index is 0.0417. The smallest absolute Gasteiger partial charge is 0.394 e. The predicted molar refractivity (Wildman–Crippen MR) is 120 cm³/mol. The van der Waals surface area contributed by atoms with Crippen LogP contribution >= 0.6 is 0 Å². The number of nitrogens with one attached hydrogen (secondary N) is 3. The maximum absolute atomic E-state index is 13.1. The number of benzene rings is 2. The van der Waals surface area contributed by atoms with E-state index in [0.717, 1.165) is 17.7 Å². The molecule has 2 aromatic heterocycles. The summed E-state index contributed by atoms with van der Waals surface area (Å²) in [6.45, 7) is -0.206. The number of H-pyrrole nitrogens is 1. The van der Waals surface area contributed by atoms with Crippen LogP contribution in [0.5, 0.6) is 0 Å². The first kappa shape index (κ1) is 22.3. The van der Waals surface area contributed by atoms with Crippen LogP contribution in [0.15, 0.2) is 71.7 Å². The van der Waals surface area contributed by atoms with Gasteiger partial charge in [0.1, 0.15) is 11.2 Å². The number of rotatable bonds is 7. The molecule has 4 rings (SSSR count). The van der Waals surface area contributed by atoms with Gasteiger partial charge in [-0.05, 0) is 36.2 Å². The Morgan fingerprint density at radius 3 is 2.55 bits per heavy atom. The first-order valence-corrected chi connectivity index (χ1v) is 10.1. The second-order valence-electron chi connectivity index (χ2n) is 7.38. The normalized spacial score (nSPS) is 12.5. The van der Waals surface area contributed by atoms with Gasteiger partial charge in [0.05, 0.1) is 23.7 Å². The van der Waals surface area contributed by atoms with Crippen LogP contribution in [0.25, 0.3) is 10.9 Å². The summed E-state index contributed by atoms with van der Waals surface area (Å²) in [5.41, 5.74) is 0.0746. The van der Waals surface area contributed by atoms with Crippen LogP contribution in [0, 0.1) is 0 Å². The molecule has 0 amide bonds. The second-order valence-corrected chi connectivity index (χ2v) is 7.38. The lowest BCUT2D eigenvalue weighted by Crippen LogP contribution is -2.27. The first-order chi connectivity index (χ1) is 15.8. The molecule has 0 saturated heterocycles. The summed E-state index contributed by atoms with van der Waals surface area (Å²) < 4.78 is 39.3. The lowest BCUT2D eigenvalue weighted by molar-refractivity contribution is -0.137. The van der Waals surface area contributed by atoms with Gasteiger partial charge in [-0.25, -0.2) is 4.98 Å². The Morgan fingerprint density at radius 1 is 1.03 bits per heavy atom. The fourth-order valence-corrected chi connectivity index (χ4v) is 3.40. The highest BCUT2D eigenvalue weighted by atomic mass is 19.4. The van der Waals surface area contributed by atoms with E-state index in [0.29, 0.717) is 11.9 Å². The van der Waals surface area contributed by atoms with Crippen LogP contribution in [-0.4, -0.2) is 32.7 Å². The lowest BCUT2D eigenvalue weighted by atomic mass is 10.1. The van der Waals surface area contributed by atoms with Gasteiger partial charge in [-0.1, -0.05) is 36.4 Å². The van der Waals surface area contributed by atoms with Crippen molar-refractivity contribution in [1.29, 1.82) is 0 Å². The molecule has 10 heteroatoms. The third-order valence-electron chi connectivity index (χ3n) is 4.95. The number of halogens is 3. The number of fused-ring (bicyclic) bond motifs is 1. The molecule has 7 nitrogen and oxygen atoms in total. The number of hydrogen-bond acceptors (Lipinski definition) is 6. The highest BCUT2D eigenvalue weighted by Gasteiger charge is 2.30. The van der Waals surface area contributed by atoms with Crippen molar-refractivity contribution in [2.75, 3.05) is 17.2 Å². The molecule has 0 bridgehead atoms. The van der Waals surface area contributed by atoms with Crippen molar-refractivity contribution in [1.82, 2.24) is 15.0 Å². The summed E-state index contributed by atoms with van der Waals surface area (Å²) in [5, 5.41) is 15.8. The molecule has 4 N–H and O–H groups in total. The van der Waals surface area contributed by atoms with Crippen molar-refractivity contribution < 1.29 is 18.3 Å². The van der Waals surface area contributed by atoms with Crippen LogP contribution in [0.2, 0.25) is 0 Å². The van der Waals surface area contributed by atoms with Gasteiger partial charge in [0, 0.05) is 11.9 Å². The summed E-state index contributed by atoms with van der Waals surface area (Å²) in [4.78, 5) is 23.6. The standard InChI is InChI=1S/C23H20F3N5O2/c24-23(25,26)15-7-4-8-16(12-15)28-20-19-18(9-10-27-21(19)33)30-22(31-20)29-17(13-32)11-14-5-2-1-3-6-14/h1-10,12,17,32H,11,13H2,(H,27,33)(H2,28,29,30,31)/t17-/m1/s1. The molecule has 0 aliphatic rings. The molecule has 4 aromatic rings. The van der Waals surface area contributed by atoms with Crippen molar-refractivity contribution in [2.45, 2.75) is 18.6 Å². The monoisotopic (exact) mass is 455 g/mol. The summed E-state index contributed by atoms with van der Waals surface area (Å²) in [6.07, 6.45) is -2.60. The SMILES string of the molecule is O=c1[nH]ccc2nc(N[C@@H](CO)Cc3ccccc3)nc(Nc3cccc(C(F)(F)F)c3)c12. The van der Waals surface area contributed by atoms with Crippen molar-refractivity contribution in [3.63, 3.8) is 0 Å². The van der Waals surface area contributed by atoms with Crippen LogP contribution < -0.4 is 16.2 Å². The van der Waals surface area contributed by atoms with Gasteiger partial charge in [0.25, 0.3) is 5.56 Å². The zero-order valence-electron chi connectivity index (χ0n) is 17.2. The average molecular weight is 455 g/mol. The zero-order chi connectivity index (χ0) is 23.4. The van der Waals surface area contributed by atoms with Gasteiger partial charge in [0.15, 0.2) is 0 Å². The molecule has 2 aromatic carbocycles. The van der Waals surface area contributed by atoms with Crippen LogP contribution in [0.3, 0.4) is 0 Å². The maximum atomic E-state index is 13.1. The van der Waals surface area contributed by atoms with Crippen LogP contribution in [0.4, 0.5) is 30.6 Å². The first-order valence-electron chi connectivity index (χ1n) is 10.1. The van der Waals surface area contributed by atoms with Gasteiger partial charge in [-0.3, -0.25) is 4.79 Å². The molecule has 2 heterocycles. The van der Waals surface area contributed by atoms with E-state index in [1.54, 1.807) is 6.07 Å². The topological polar surface area (TPSA) is 103 Å². The molecule has 1 atom stereocenters. The quantitative estimate of drug-likeness (QED) is 0.335. The molecular formula is C23H20F3N5O2. The number of aromatic amines is 1. The lowest BCUT2D eigenvalue weighted by Gasteiger charge is -2.18. The average Bonchev–Trinajstić information content (AvgIpc) is 2.79. The Bertz CT molecular complexity index is 1310. The fourth-order valence-electron chi connectivity index (χ4n) is 3.40. The van der Waals surface area contributed by atoms with E-state index < -0.39 is 23.3 Å². The zero-order valence-corrected chi connectivity index (χ0v) is 17.2. The minimum atomic E-state index is -4.51. The number of alkyl halides is 3. The summed E-state index contributed by atoms with van der Waals surface area (Å²) in [5.74, 6) is 0.164. The van der Waals surface area contributed by atoms with Crippen molar-refractivity contribution in [3.8, 4) is 0 Å². The molecular weight excluding hydrogens is 435 g/mol. The van der Waals surface area contributed by atoms with Crippen LogP contribution in [-0.2, 0) is 12.6 Å². The second kappa shape index (κ2) is 9.29. The molecule has 33 heavy (non-hydrogen) atoms. The van der Waals surface area contributed by atoms with Crippen LogP contribution in [0.1, 0.15) is 11.1 Å². The van der Waals surface area contributed by atoms with Gasteiger partial charge in [-0.2, -0.15) is 18.2 Å². The third kappa shape index (κ3) is 5.29. The summed E-state index contributed by atoms with van der Waals surface area (Å²) in [6, 6.07) is 15.2. The maximum Gasteiger partial charge on any atom is 0.416 e. The number of aliphatic hydroxyl groups excluding tert-OH is 1. The third-order valence-corrected chi connectivity index (χ3v) is 4.95. The van der Waals surface area contributed by atoms with Gasteiger partial charge < -0.3 is 20.7 Å². The predicted octanol–water partition coefficient (Wildman–Crippen LogP) is 4.10. The van der Waals surface area contributed by atoms with E-state index in [2.05, 4.69) is 25.6 Å². The largest absolute Gasteiger partial charge is 0.416 e. The van der Waals surface area contributed by atoms with Crippen molar-refractivity contribution in [2.24, 2.45) is 0 Å². The van der Waals surface area contributed by atoms with E-state index in [1.807, 2.05) is 30.3 Å². The van der Waals surface area contributed by atoms with Gasteiger partial charge in [0.2, 0.25) is 5.95 Å². The van der Waals surface area contributed by atoms with E-state index in [-0.39, 0.29) is 29.4 Å². The molecule has 170 valence electrons. The summed E-state index contributed by atoms with van der Waals surface area (Å²) in [7, 11) is 0. The number of hydrogen-bond donors (Lipinski definition) is 4. The number of nitrogens with zero attached hydrogens (tertiary/aromatic N) is 2. The highest BCUT2D eigenvalue weighted by molar-refractivity contribution is 5.90. The number of anilines is 3. The molecule has 0 fully saturated rings. The number of aromatic nitrogens is 3. The van der Waals surface area contributed by atoms with E-state index in [1.165, 1.54) is 18.3 Å². The Labute approximate surface area is 186 Å². The van der Waals surface area contributed by atoms with E-state index in [9.17, 15) is 23.1 Å². The van der Waals surface area contributed by atoms with Crippen molar-refractivity contribution >= 4 is 28.4 Å². The fraction of sp³-hybridized carbons (Fsp3) is 0.174. The molecule has 0 spiro atoms. The molecule has 0 radical (unpaired) electrons. The van der Waals surface area contributed by atoms with Crippen molar-refractivity contribution in [3.05, 3.63) is 88.3 Å². The Morgan fingerprint density at radius 2 is 1.82 bits per heavy atom. The Balaban J connectivity index is 1.69. The minimum Gasteiger partial charge on any atom is -0.394 e. The molecule has 0 aliphatic carbocycles. The highest BCUT2D eigenvalue weighted by Crippen LogP contribution is 2.32.